The molecule has 0 aliphatic carbocycles. The average Bonchev–Trinajstić information content (AvgIpc) is 2.92. The van der Waals surface area contributed by atoms with Crippen molar-refractivity contribution >= 4 is 10.9 Å². The van der Waals surface area contributed by atoms with Crippen LogP contribution in [-0.2, 0) is 6.54 Å². The summed E-state index contributed by atoms with van der Waals surface area (Å²) in [6.07, 6.45) is 7.82. The van der Waals surface area contributed by atoms with Crippen LogP contribution in [0.15, 0.2) is 42.2 Å². The predicted molar refractivity (Wildman–Crippen MR) is 68.5 cm³/mol. The Morgan fingerprint density at radius 2 is 2.21 bits per heavy atom. The van der Waals surface area contributed by atoms with Gasteiger partial charge in [0.2, 0.25) is 0 Å². The highest BCUT2D eigenvalue weighted by Crippen LogP contribution is 2.08. The van der Waals surface area contributed by atoms with Crippen LogP contribution >= 0.6 is 0 Å². The molecule has 0 fully saturated rings. The van der Waals surface area contributed by atoms with Crippen LogP contribution in [0.4, 0.5) is 0 Å². The fraction of sp³-hybridized carbons (Fsp3) is 0.250. The van der Waals surface area contributed by atoms with E-state index in [-0.39, 0.29) is 11.6 Å². The van der Waals surface area contributed by atoms with Crippen molar-refractivity contribution in [3.8, 4) is 0 Å². The molecule has 0 N–H and O–H groups in total. The first-order chi connectivity index (χ1) is 9.25. The van der Waals surface area contributed by atoms with Crippen LogP contribution in [-0.4, -0.2) is 29.3 Å². The Morgan fingerprint density at radius 1 is 1.32 bits per heavy atom. The minimum absolute atomic E-state index is 0.0636. The molecule has 3 aromatic heterocycles. The van der Waals surface area contributed by atoms with E-state index in [9.17, 15) is 4.79 Å². The van der Waals surface area contributed by atoms with E-state index in [0.29, 0.717) is 17.4 Å². The zero-order valence-corrected chi connectivity index (χ0v) is 10.3. The third-order valence-corrected chi connectivity index (χ3v) is 2.98. The molecule has 0 aliphatic rings. The van der Waals surface area contributed by atoms with Crippen molar-refractivity contribution in [3.63, 3.8) is 0 Å². The van der Waals surface area contributed by atoms with Crippen LogP contribution in [0, 0.1) is 0 Å². The third kappa shape index (κ3) is 2.10. The second kappa shape index (κ2) is 4.60. The van der Waals surface area contributed by atoms with Gasteiger partial charge < -0.3 is 0 Å². The molecule has 0 unspecified atom stereocenters. The zero-order valence-electron chi connectivity index (χ0n) is 10.3. The Hall–Kier alpha value is -2.57. The normalized spacial score (nSPS) is 12.7. The molecule has 3 aromatic rings. The molecule has 0 saturated heterocycles. The van der Waals surface area contributed by atoms with E-state index in [1.54, 1.807) is 40.4 Å². The summed E-state index contributed by atoms with van der Waals surface area (Å²) in [6.45, 7) is 2.50. The highest BCUT2D eigenvalue weighted by atomic mass is 16.1. The molecular formula is C12H12N6O. The Kier molecular flexibility index (Phi) is 2.79. The first-order valence-electron chi connectivity index (χ1n) is 5.89. The number of nitrogens with zero attached hydrogens (tertiary/aromatic N) is 6. The van der Waals surface area contributed by atoms with E-state index >= 15 is 0 Å². The predicted octanol–water partition coefficient (Wildman–Crippen LogP) is 0.644. The molecule has 0 bridgehead atoms. The Labute approximate surface area is 108 Å². The molecule has 96 valence electrons. The minimum Gasteiger partial charge on any atom is -0.294 e. The molecule has 0 saturated carbocycles. The van der Waals surface area contributed by atoms with Gasteiger partial charge in [-0.25, -0.2) is 9.97 Å². The second-order valence-electron chi connectivity index (χ2n) is 4.32. The third-order valence-electron chi connectivity index (χ3n) is 2.98. The molecule has 0 aliphatic heterocycles. The first kappa shape index (κ1) is 11.5. The lowest BCUT2D eigenvalue weighted by Gasteiger charge is -2.14. The fourth-order valence-electron chi connectivity index (χ4n) is 1.98. The van der Waals surface area contributed by atoms with Gasteiger partial charge in [-0.3, -0.25) is 19.0 Å². The van der Waals surface area contributed by atoms with Crippen molar-refractivity contribution < 1.29 is 0 Å². The van der Waals surface area contributed by atoms with Gasteiger partial charge in [-0.1, -0.05) is 0 Å². The van der Waals surface area contributed by atoms with Crippen molar-refractivity contribution in [1.82, 2.24) is 29.3 Å². The Bertz CT molecular complexity index is 748. The van der Waals surface area contributed by atoms with Crippen molar-refractivity contribution in [2.24, 2.45) is 0 Å². The van der Waals surface area contributed by atoms with E-state index in [0.717, 1.165) is 0 Å². The summed E-state index contributed by atoms with van der Waals surface area (Å²) in [4.78, 5) is 24.5. The number of fused-ring (bicyclic) bond motifs is 1. The summed E-state index contributed by atoms with van der Waals surface area (Å²) in [7, 11) is 0. The quantitative estimate of drug-likeness (QED) is 0.687. The van der Waals surface area contributed by atoms with E-state index in [2.05, 4.69) is 20.1 Å². The number of aromatic nitrogens is 6. The van der Waals surface area contributed by atoms with Gasteiger partial charge in [0.25, 0.3) is 5.56 Å². The summed E-state index contributed by atoms with van der Waals surface area (Å²) in [5.41, 5.74) is 0.565. The van der Waals surface area contributed by atoms with Crippen LogP contribution in [0.3, 0.4) is 0 Å². The second-order valence-corrected chi connectivity index (χ2v) is 4.32. The molecule has 19 heavy (non-hydrogen) atoms. The lowest BCUT2D eigenvalue weighted by Crippen LogP contribution is -2.26. The molecule has 0 amide bonds. The van der Waals surface area contributed by atoms with Crippen molar-refractivity contribution in [2.75, 3.05) is 0 Å². The van der Waals surface area contributed by atoms with E-state index in [1.165, 1.54) is 6.33 Å². The van der Waals surface area contributed by atoms with Crippen LogP contribution in [0.1, 0.15) is 13.0 Å². The molecule has 0 radical (unpaired) electrons. The standard InChI is InChI=1S/C12H12N6O/c1-9(5-17-7-14-6-16-17)18-8-15-11-2-3-13-4-10(11)12(18)19/h2-4,6-9H,5H2,1H3/t9-/m0/s1. The Balaban J connectivity index is 2.01. The molecule has 7 heteroatoms. The molecule has 3 heterocycles. The molecule has 0 aromatic carbocycles. The van der Waals surface area contributed by atoms with Gasteiger partial charge in [0.05, 0.1) is 29.8 Å². The van der Waals surface area contributed by atoms with Gasteiger partial charge in [-0.2, -0.15) is 5.10 Å². The maximum Gasteiger partial charge on any atom is 0.263 e. The van der Waals surface area contributed by atoms with E-state index in [1.807, 2.05) is 6.92 Å². The minimum atomic E-state index is -0.0919. The topological polar surface area (TPSA) is 78.5 Å². The molecule has 7 nitrogen and oxygen atoms in total. The van der Waals surface area contributed by atoms with Gasteiger partial charge in [0, 0.05) is 12.4 Å². The molecular weight excluding hydrogens is 244 g/mol. The first-order valence-corrected chi connectivity index (χ1v) is 5.89. The largest absolute Gasteiger partial charge is 0.294 e. The fourth-order valence-corrected chi connectivity index (χ4v) is 1.98. The van der Waals surface area contributed by atoms with Gasteiger partial charge in [0.1, 0.15) is 12.7 Å². The van der Waals surface area contributed by atoms with Crippen molar-refractivity contribution in [2.45, 2.75) is 19.5 Å². The summed E-state index contributed by atoms with van der Waals surface area (Å²) < 4.78 is 3.27. The summed E-state index contributed by atoms with van der Waals surface area (Å²) in [5.74, 6) is 0. The Morgan fingerprint density at radius 3 is 3.00 bits per heavy atom. The average molecular weight is 256 g/mol. The summed E-state index contributed by atoms with van der Waals surface area (Å²) in [6, 6.07) is 1.66. The number of hydrogen-bond acceptors (Lipinski definition) is 5. The SMILES string of the molecule is C[C@@H](Cn1cncn1)n1cnc2ccncc2c1=O. The number of rotatable bonds is 3. The molecule has 3 rings (SSSR count). The molecule has 1 atom stereocenters. The number of hydrogen-bond donors (Lipinski definition) is 0. The summed E-state index contributed by atoms with van der Waals surface area (Å²) in [5, 5.41) is 4.55. The van der Waals surface area contributed by atoms with Crippen molar-refractivity contribution in [1.29, 1.82) is 0 Å². The summed E-state index contributed by atoms with van der Waals surface area (Å²) >= 11 is 0. The zero-order chi connectivity index (χ0) is 13.2. The number of pyridine rings is 1. The van der Waals surface area contributed by atoms with Crippen molar-refractivity contribution in [3.05, 3.63) is 47.8 Å². The highest BCUT2D eigenvalue weighted by Gasteiger charge is 2.10. The maximum absolute atomic E-state index is 12.3. The highest BCUT2D eigenvalue weighted by molar-refractivity contribution is 5.75. The lowest BCUT2D eigenvalue weighted by molar-refractivity contribution is 0.425. The smallest absolute Gasteiger partial charge is 0.263 e. The van der Waals surface area contributed by atoms with Gasteiger partial charge in [-0.15, -0.1) is 0 Å². The van der Waals surface area contributed by atoms with Gasteiger partial charge in [-0.05, 0) is 13.0 Å². The lowest BCUT2D eigenvalue weighted by atomic mass is 10.3. The van der Waals surface area contributed by atoms with Crippen LogP contribution in [0.5, 0.6) is 0 Å². The van der Waals surface area contributed by atoms with E-state index in [4.69, 9.17) is 0 Å². The van der Waals surface area contributed by atoms with Gasteiger partial charge >= 0.3 is 0 Å². The van der Waals surface area contributed by atoms with Crippen LogP contribution in [0.25, 0.3) is 10.9 Å². The van der Waals surface area contributed by atoms with E-state index < -0.39 is 0 Å². The van der Waals surface area contributed by atoms with Gasteiger partial charge in [0.15, 0.2) is 0 Å². The van der Waals surface area contributed by atoms with Crippen LogP contribution < -0.4 is 5.56 Å². The van der Waals surface area contributed by atoms with Crippen LogP contribution in [0.2, 0.25) is 0 Å². The maximum atomic E-state index is 12.3. The molecule has 0 spiro atoms. The monoisotopic (exact) mass is 256 g/mol.